The zero-order chi connectivity index (χ0) is 14.6. The lowest BCUT2D eigenvalue weighted by Crippen LogP contribution is -2.34. The van der Waals surface area contributed by atoms with Gasteiger partial charge < -0.3 is 10.2 Å². The highest BCUT2D eigenvalue weighted by Crippen LogP contribution is 2.19. The third kappa shape index (κ3) is 3.69. The van der Waals surface area contributed by atoms with Crippen molar-refractivity contribution in [3.05, 3.63) is 23.4 Å². The maximum atomic E-state index is 12.5. The number of nitrogens with one attached hydrogen (secondary N) is 1. The fraction of sp³-hybridized carbons (Fsp3) is 0.600. The molecule has 1 heterocycles. The van der Waals surface area contributed by atoms with Gasteiger partial charge in [-0.1, -0.05) is 20.8 Å². The Balaban J connectivity index is 3.12. The predicted molar refractivity (Wildman–Crippen MR) is 79.7 cm³/mol. The average Bonchev–Trinajstić information content (AvgIpc) is 2.43. The van der Waals surface area contributed by atoms with Crippen LogP contribution in [0, 0.1) is 0 Å². The monoisotopic (exact) mass is 263 g/mol. The van der Waals surface area contributed by atoms with Gasteiger partial charge in [-0.05, 0) is 31.4 Å². The van der Waals surface area contributed by atoms with E-state index in [0.29, 0.717) is 11.5 Å². The first kappa shape index (κ1) is 15.5. The summed E-state index contributed by atoms with van der Waals surface area (Å²) in [6, 6.07) is 3.95. The minimum absolute atomic E-state index is 0.0511. The molecule has 0 aliphatic carbocycles. The molecule has 1 N–H and O–H groups in total. The topological polar surface area (TPSA) is 45.2 Å². The maximum absolute atomic E-state index is 12.5. The highest BCUT2D eigenvalue weighted by Gasteiger charge is 2.18. The molecular formula is C15H25N3O. The average molecular weight is 263 g/mol. The summed E-state index contributed by atoms with van der Waals surface area (Å²) in [5, 5.41) is 3.02. The van der Waals surface area contributed by atoms with E-state index in [9.17, 15) is 4.79 Å². The highest BCUT2D eigenvalue weighted by atomic mass is 16.2. The van der Waals surface area contributed by atoms with Gasteiger partial charge in [0.2, 0.25) is 0 Å². The van der Waals surface area contributed by atoms with Gasteiger partial charge in [0.05, 0.1) is 0 Å². The van der Waals surface area contributed by atoms with E-state index in [1.165, 1.54) is 0 Å². The first-order chi connectivity index (χ1) is 8.90. The van der Waals surface area contributed by atoms with Crippen LogP contribution in [-0.2, 0) is 0 Å². The smallest absolute Gasteiger partial charge is 0.254 e. The van der Waals surface area contributed by atoms with Crippen molar-refractivity contribution in [1.82, 2.24) is 9.88 Å². The lowest BCUT2D eigenvalue weighted by Gasteiger charge is -2.24. The summed E-state index contributed by atoms with van der Waals surface area (Å²) in [5.74, 6) is 1.09. The van der Waals surface area contributed by atoms with Gasteiger partial charge in [-0.2, -0.15) is 0 Å². The van der Waals surface area contributed by atoms with Gasteiger partial charge in [-0.25, -0.2) is 4.98 Å². The van der Waals surface area contributed by atoms with E-state index in [-0.39, 0.29) is 11.9 Å². The summed E-state index contributed by atoms with van der Waals surface area (Å²) in [5.41, 5.74) is 1.64. The van der Waals surface area contributed by atoms with Gasteiger partial charge in [0.15, 0.2) is 0 Å². The Morgan fingerprint density at radius 2 is 2.00 bits per heavy atom. The summed E-state index contributed by atoms with van der Waals surface area (Å²) >= 11 is 0. The maximum Gasteiger partial charge on any atom is 0.254 e. The van der Waals surface area contributed by atoms with Crippen LogP contribution >= 0.6 is 0 Å². The Labute approximate surface area is 116 Å². The molecule has 106 valence electrons. The van der Waals surface area contributed by atoms with Gasteiger partial charge in [-0.15, -0.1) is 0 Å². The molecule has 1 atom stereocenters. The molecule has 19 heavy (non-hydrogen) atoms. The second-order valence-electron chi connectivity index (χ2n) is 5.24. The third-order valence-electron chi connectivity index (χ3n) is 3.51. The van der Waals surface area contributed by atoms with E-state index in [2.05, 4.69) is 38.0 Å². The van der Waals surface area contributed by atoms with E-state index in [1.54, 1.807) is 4.90 Å². The molecule has 1 unspecified atom stereocenters. The van der Waals surface area contributed by atoms with Gasteiger partial charge >= 0.3 is 0 Å². The van der Waals surface area contributed by atoms with Crippen molar-refractivity contribution in [3.8, 4) is 0 Å². The summed E-state index contributed by atoms with van der Waals surface area (Å²) in [6.45, 7) is 8.30. The van der Waals surface area contributed by atoms with Crippen molar-refractivity contribution in [2.75, 3.05) is 19.4 Å². The SMILES string of the molecule is CCC(C)N(C)C(=O)c1cc(NC)nc(C(C)C)c1. The van der Waals surface area contributed by atoms with Gasteiger partial charge in [0, 0.05) is 31.4 Å². The number of pyridine rings is 1. The Hall–Kier alpha value is -1.58. The summed E-state index contributed by atoms with van der Waals surface area (Å²) in [4.78, 5) is 18.7. The summed E-state index contributed by atoms with van der Waals surface area (Å²) in [6.07, 6.45) is 0.948. The van der Waals surface area contributed by atoms with Crippen molar-refractivity contribution in [3.63, 3.8) is 0 Å². The molecule has 0 aliphatic rings. The number of nitrogens with zero attached hydrogens (tertiary/aromatic N) is 2. The number of amides is 1. The lowest BCUT2D eigenvalue weighted by atomic mass is 10.1. The molecule has 4 heteroatoms. The summed E-state index contributed by atoms with van der Waals surface area (Å²) < 4.78 is 0. The van der Waals surface area contributed by atoms with Crippen LogP contribution in [0.4, 0.5) is 5.82 Å². The predicted octanol–water partition coefficient (Wildman–Crippen LogP) is 3.12. The van der Waals surface area contributed by atoms with E-state index in [4.69, 9.17) is 0 Å². The second kappa shape index (κ2) is 6.55. The quantitative estimate of drug-likeness (QED) is 0.887. The molecule has 0 saturated carbocycles. The molecule has 0 saturated heterocycles. The first-order valence-electron chi connectivity index (χ1n) is 6.87. The van der Waals surface area contributed by atoms with Crippen LogP contribution in [0.3, 0.4) is 0 Å². The molecule has 1 amide bonds. The molecule has 0 radical (unpaired) electrons. The Morgan fingerprint density at radius 3 is 2.47 bits per heavy atom. The van der Waals surface area contributed by atoms with Crippen LogP contribution in [0.2, 0.25) is 0 Å². The second-order valence-corrected chi connectivity index (χ2v) is 5.24. The molecule has 4 nitrogen and oxygen atoms in total. The van der Waals surface area contributed by atoms with Crippen molar-refractivity contribution in [2.24, 2.45) is 0 Å². The number of hydrogen-bond donors (Lipinski definition) is 1. The standard InChI is InChI=1S/C15H25N3O/c1-7-11(4)18(6)15(19)12-8-13(10(2)3)17-14(9-12)16-5/h8-11H,7H2,1-6H3,(H,16,17). The fourth-order valence-electron chi connectivity index (χ4n) is 1.78. The normalized spacial score (nSPS) is 12.4. The lowest BCUT2D eigenvalue weighted by molar-refractivity contribution is 0.0740. The van der Waals surface area contributed by atoms with Crippen LogP contribution in [0.25, 0.3) is 0 Å². The molecule has 1 aromatic rings. The highest BCUT2D eigenvalue weighted by molar-refractivity contribution is 5.95. The van der Waals surface area contributed by atoms with Crippen LogP contribution in [0.1, 0.15) is 56.1 Å². The Bertz CT molecular complexity index is 443. The van der Waals surface area contributed by atoms with E-state index in [1.807, 2.05) is 26.2 Å². The summed E-state index contributed by atoms with van der Waals surface area (Å²) in [7, 11) is 3.67. The van der Waals surface area contributed by atoms with Gasteiger partial charge in [0.25, 0.3) is 5.91 Å². The van der Waals surface area contributed by atoms with Crippen molar-refractivity contribution in [2.45, 2.75) is 46.1 Å². The molecule has 0 fully saturated rings. The molecule has 0 aliphatic heterocycles. The van der Waals surface area contributed by atoms with Crippen LogP contribution in [-0.4, -0.2) is 35.9 Å². The molecular weight excluding hydrogens is 238 g/mol. The molecule has 1 rings (SSSR count). The number of rotatable bonds is 5. The first-order valence-corrected chi connectivity index (χ1v) is 6.87. The number of hydrogen-bond acceptors (Lipinski definition) is 3. The zero-order valence-electron chi connectivity index (χ0n) is 12.8. The van der Waals surface area contributed by atoms with E-state index < -0.39 is 0 Å². The van der Waals surface area contributed by atoms with E-state index in [0.717, 1.165) is 17.9 Å². The molecule has 0 aromatic carbocycles. The minimum atomic E-state index is 0.0511. The zero-order valence-corrected chi connectivity index (χ0v) is 12.8. The third-order valence-corrected chi connectivity index (χ3v) is 3.51. The van der Waals surface area contributed by atoms with Crippen molar-refractivity contribution >= 4 is 11.7 Å². The number of aromatic nitrogens is 1. The molecule has 0 spiro atoms. The molecule has 0 bridgehead atoms. The van der Waals surface area contributed by atoms with Gasteiger partial charge in [-0.3, -0.25) is 4.79 Å². The van der Waals surface area contributed by atoms with Crippen molar-refractivity contribution < 1.29 is 4.79 Å². The van der Waals surface area contributed by atoms with E-state index >= 15 is 0 Å². The number of carbonyl (C=O) groups is 1. The van der Waals surface area contributed by atoms with Crippen LogP contribution in [0.15, 0.2) is 12.1 Å². The number of anilines is 1. The Kier molecular flexibility index (Phi) is 5.33. The largest absolute Gasteiger partial charge is 0.373 e. The van der Waals surface area contributed by atoms with Crippen LogP contribution < -0.4 is 5.32 Å². The van der Waals surface area contributed by atoms with Crippen molar-refractivity contribution in [1.29, 1.82) is 0 Å². The number of carbonyl (C=O) groups excluding carboxylic acids is 1. The van der Waals surface area contributed by atoms with Crippen LogP contribution in [0.5, 0.6) is 0 Å². The fourth-order valence-corrected chi connectivity index (χ4v) is 1.78. The Morgan fingerprint density at radius 1 is 1.37 bits per heavy atom. The molecule has 1 aromatic heterocycles. The van der Waals surface area contributed by atoms with Gasteiger partial charge in [0.1, 0.15) is 5.82 Å². The minimum Gasteiger partial charge on any atom is -0.373 e.